The van der Waals surface area contributed by atoms with Crippen LogP contribution in [0.3, 0.4) is 0 Å². The lowest BCUT2D eigenvalue weighted by Crippen LogP contribution is -1.99. The zero-order valence-corrected chi connectivity index (χ0v) is 11.0. The van der Waals surface area contributed by atoms with Crippen molar-refractivity contribution < 1.29 is 4.52 Å². The van der Waals surface area contributed by atoms with Crippen LogP contribution in [0.15, 0.2) is 28.8 Å². The molecular formula is C13H12N4OS. The third-order valence-electron chi connectivity index (χ3n) is 3.11. The van der Waals surface area contributed by atoms with Gasteiger partial charge < -0.3 is 9.84 Å². The Morgan fingerprint density at radius 2 is 2.16 bits per heavy atom. The molecule has 4 rings (SSSR count). The first-order valence-corrected chi connectivity index (χ1v) is 7.12. The van der Waals surface area contributed by atoms with Crippen LogP contribution >= 0.6 is 11.3 Å². The Kier molecular flexibility index (Phi) is 2.48. The molecule has 0 aliphatic heterocycles. The molecule has 6 heteroatoms. The molecule has 1 aliphatic rings. The lowest BCUT2D eigenvalue weighted by Gasteiger charge is -1.95. The molecule has 2 heterocycles. The molecule has 5 nitrogen and oxygen atoms in total. The molecule has 0 saturated heterocycles. The van der Waals surface area contributed by atoms with E-state index in [1.807, 2.05) is 18.2 Å². The molecule has 2 aromatic heterocycles. The van der Waals surface area contributed by atoms with E-state index in [0.29, 0.717) is 18.4 Å². The quantitative estimate of drug-likeness (QED) is 0.790. The minimum atomic E-state index is 0.527. The molecule has 0 radical (unpaired) electrons. The Morgan fingerprint density at radius 1 is 1.26 bits per heavy atom. The van der Waals surface area contributed by atoms with Crippen LogP contribution < -0.4 is 5.32 Å². The van der Waals surface area contributed by atoms with Crippen LogP contribution in [-0.2, 0) is 6.54 Å². The van der Waals surface area contributed by atoms with Crippen molar-refractivity contribution in [2.45, 2.75) is 25.3 Å². The van der Waals surface area contributed by atoms with Crippen LogP contribution in [0.5, 0.6) is 0 Å². The lowest BCUT2D eigenvalue weighted by molar-refractivity contribution is 0.378. The average Bonchev–Trinajstić information content (AvgIpc) is 3.03. The smallest absolute Gasteiger partial charge is 0.246 e. The number of thiazole rings is 1. The number of rotatable bonds is 4. The van der Waals surface area contributed by atoms with Gasteiger partial charge in [0.1, 0.15) is 0 Å². The van der Waals surface area contributed by atoms with Gasteiger partial charge in [0, 0.05) is 5.92 Å². The fraction of sp³-hybridized carbons (Fsp3) is 0.308. The molecule has 3 aromatic rings. The van der Waals surface area contributed by atoms with Crippen molar-refractivity contribution in [3.63, 3.8) is 0 Å². The van der Waals surface area contributed by atoms with Crippen molar-refractivity contribution in [2.24, 2.45) is 0 Å². The first-order valence-electron chi connectivity index (χ1n) is 6.30. The van der Waals surface area contributed by atoms with Gasteiger partial charge in [-0.15, -0.1) is 0 Å². The SMILES string of the molecule is c1ccc2sc(NCc3nc(C4CC4)no3)nc2c1. The van der Waals surface area contributed by atoms with Crippen molar-refractivity contribution in [2.75, 3.05) is 5.32 Å². The van der Waals surface area contributed by atoms with Crippen LogP contribution in [0.1, 0.15) is 30.5 Å². The van der Waals surface area contributed by atoms with E-state index in [2.05, 4.69) is 26.5 Å². The monoisotopic (exact) mass is 272 g/mol. The molecule has 19 heavy (non-hydrogen) atoms. The fourth-order valence-corrected chi connectivity index (χ4v) is 2.81. The number of para-hydroxylation sites is 1. The molecule has 1 N–H and O–H groups in total. The largest absolute Gasteiger partial charge is 0.352 e. The summed E-state index contributed by atoms with van der Waals surface area (Å²) in [7, 11) is 0. The maximum Gasteiger partial charge on any atom is 0.246 e. The number of anilines is 1. The molecule has 0 unspecified atom stereocenters. The predicted molar refractivity (Wildman–Crippen MR) is 73.2 cm³/mol. The summed E-state index contributed by atoms with van der Waals surface area (Å²) >= 11 is 1.63. The number of nitrogens with zero attached hydrogens (tertiary/aromatic N) is 3. The normalized spacial score (nSPS) is 14.9. The molecule has 1 saturated carbocycles. The zero-order chi connectivity index (χ0) is 12.7. The predicted octanol–water partition coefficient (Wildman–Crippen LogP) is 3.17. The van der Waals surface area contributed by atoms with Gasteiger partial charge in [-0.25, -0.2) is 4.98 Å². The van der Waals surface area contributed by atoms with E-state index >= 15 is 0 Å². The molecular weight excluding hydrogens is 260 g/mol. The number of fused-ring (bicyclic) bond motifs is 1. The Morgan fingerprint density at radius 3 is 3.00 bits per heavy atom. The third-order valence-corrected chi connectivity index (χ3v) is 4.11. The van der Waals surface area contributed by atoms with Crippen LogP contribution in [0.25, 0.3) is 10.2 Å². The molecule has 0 bridgehead atoms. The number of nitrogens with one attached hydrogen (secondary N) is 1. The van der Waals surface area contributed by atoms with Gasteiger partial charge in [0.15, 0.2) is 11.0 Å². The molecule has 0 atom stereocenters. The van der Waals surface area contributed by atoms with Gasteiger partial charge in [-0.2, -0.15) is 4.98 Å². The van der Waals surface area contributed by atoms with Crippen molar-refractivity contribution in [3.05, 3.63) is 36.0 Å². The summed E-state index contributed by atoms with van der Waals surface area (Å²) < 4.78 is 6.39. The maximum atomic E-state index is 5.21. The Balaban J connectivity index is 1.48. The molecule has 0 spiro atoms. The first kappa shape index (κ1) is 10.9. The molecule has 1 aliphatic carbocycles. The summed E-state index contributed by atoms with van der Waals surface area (Å²) in [6.45, 7) is 0.527. The van der Waals surface area contributed by atoms with Crippen LogP contribution in [-0.4, -0.2) is 15.1 Å². The van der Waals surface area contributed by atoms with Crippen LogP contribution in [0, 0.1) is 0 Å². The molecule has 1 fully saturated rings. The highest BCUT2D eigenvalue weighted by atomic mass is 32.1. The van der Waals surface area contributed by atoms with E-state index in [0.717, 1.165) is 16.5 Å². The minimum absolute atomic E-state index is 0.527. The summed E-state index contributed by atoms with van der Waals surface area (Å²) in [5.41, 5.74) is 1.01. The summed E-state index contributed by atoms with van der Waals surface area (Å²) in [6.07, 6.45) is 2.37. The molecule has 1 aromatic carbocycles. The highest BCUT2D eigenvalue weighted by Gasteiger charge is 2.28. The minimum Gasteiger partial charge on any atom is -0.352 e. The van der Waals surface area contributed by atoms with Gasteiger partial charge in [0.2, 0.25) is 5.89 Å². The summed E-state index contributed by atoms with van der Waals surface area (Å²) in [6, 6.07) is 8.08. The number of hydrogen-bond donors (Lipinski definition) is 1. The maximum absolute atomic E-state index is 5.21. The second-order valence-corrected chi connectivity index (χ2v) is 5.69. The average molecular weight is 272 g/mol. The Bertz CT molecular complexity index is 683. The van der Waals surface area contributed by atoms with Crippen molar-refractivity contribution >= 4 is 26.7 Å². The Hall–Kier alpha value is -1.95. The number of hydrogen-bond acceptors (Lipinski definition) is 6. The second kappa shape index (κ2) is 4.31. The molecule has 0 amide bonds. The second-order valence-electron chi connectivity index (χ2n) is 4.66. The van der Waals surface area contributed by atoms with Gasteiger partial charge in [-0.1, -0.05) is 28.6 Å². The van der Waals surface area contributed by atoms with Crippen molar-refractivity contribution in [1.82, 2.24) is 15.1 Å². The lowest BCUT2D eigenvalue weighted by atomic mass is 10.3. The van der Waals surface area contributed by atoms with Crippen LogP contribution in [0.4, 0.5) is 5.13 Å². The zero-order valence-electron chi connectivity index (χ0n) is 10.2. The van der Waals surface area contributed by atoms with Crippen molar-refractivity contribution in [3.8, 4) is 0 Å². The van der Waals surface area contributed by atoms with E-state index in [1.54, 1.807) is 11.3 Å². The van der Waals surface area contributed by atoms with E-state index in [-0.39, 0.29) is 0 Å². The highest BCUT2D eigenvalue weighted by Crippen LogP contribution is 2.38. The van der Waals surface area contributed by atoms with Crippen molar-refractivity contribution in [1.29, 1.82) is 0 Å². The highest BCUT2D eigenvalue weighted by molar-refractivity contribution is 7.22. The van der Waals surface area contributed by atoms with Gasteiger partial charge in [0.25, 0.3) is 0 Å². The van der Waals surface area contributed by atoms with E-state index < -0.39 is 0 Å². The number of benzene rings is 1. The van der Waals surface area contributed by atoms with Gasteiger partial charge in [0.05, 0.1) is 16.8 Å². The Labute approximate surface area is 113 Å². The number of aromatic nitrogens is 3. The first-order chi connectivity index (χ1) is 9.38. The topological polar surface area (TPSA) is 63.8 Å². The fourth-order valence-electron chi connectivity index (χ4n) is 1.95. The van der Waals surface area contributed by atoms with E-state index in [9.17, 15) is 0 Å². The van der Waals surface area contributed by atoms with Crippen LogP contribution in [0.2, 0.25) is 0 Å². The van der Waals surface area contributed by atoms with E-state index in [4.69, 9.17) is 4.52 Å². The summed E-state index contributed by atoms with van der Waals surface area (Å²) in [4.78, 5) is 8.88. The summed E-state index contributed by atoms with van der Waals surface area (Å²) in [5.74, 6) is 2.00. The molecule has 96 valence electrons. The third kappa shape index (κ3) is 2.19. The van der Waals surface area contributed by atoms with Gasteiger partial charge in [-0.05, 0) is 25.0 Å². The standard InChI is InChI=1S/C13H12N4OS/c1-2-4-10-9(3-1)15-13(19-10)14-7-11-16-12(17-18-11)8-5-6-8/h1-4,8H,5-7H2,(H,14,15). The summed E-state index contributed by atoms with van der Waals surface area (Å²) in [5, 5.41) is 8.11. The van der Waals surface area contributed by atoms with Gasteiger partial charge >= 0.3 is 0 Å². The van der Waals surface area contributed by atoms with Gasteiger partial charge in [-0.3, -0.25) is 0 Å². The van der Waals surface area contributed by atoms with E-state index in [1.165, 1.54) is 17.5 Å².